The van der Waals surface area contributed by atoms with Crippen LogP contribution < -0.4 is 9.62 Å². The average molecular weight is 387 g/mol. The summed E-state index contributed by atoms with van der Waals surface area (Å²) in [5, 5.41) is 2.85. The van der Waals surface area contributed by atoms with Crippen molar-refractivity contribution in [3.8, 4) is 11.1 Å². The van der Waals surface area contributed by atoms with E-state index >= 15 is 0 Å². The fourth-order valence-electron chi connectivity index (χ4n) is 3.23. The first-order chi connectivity index (χ1) is 12.8. The number of rotatable bonds is 5. The van der Waals surface area contributed by atoms with E-state index in [1.165, 1.54) is 4.31 Å². The summed E-state index contributed by atoms with van der Waals surface area (Å²) in [4.78, 5) is 12.7. The minimum Gasteiger partial charge on any atom is -0.352 e. The first-order valence-corrected chi connectivity index (χ1v) is 10.7. The summed E-state index contributed by atoms with van der Waals surface area (Å²) in [6, 6.07) is 12.8. The number of anilines is 1. The lowest BCUT2D eigenvalue weighted by molar-refractivity contribution is -0.120. The molecule has 3 rings (SSSR count). The Balaban J connectivity index is 2.12. The van der Waals surface area contributed by atoms with E-state index < -0.39 is 10.0 Å². The molecule has 1 atom stereocenters. The first kappa shape index (κ1) is 19.4. The van der Waals surface area contributed by atoms with E-state index in [0.29, 0.717) is 17.2 Å². The molecule has 1 aliphatic rings. The van der Waals surface area contributed by atoms with E-state index in [0.717, 1.165) is 17.5 Å². The molecule has 2 aromatic carbocycles. The molecule has 2 aromatic rings. The third-order valence-corrected chi connectivity index (χ3v) is 6.83. The van der Waals surface area contributed by atoms with Crippen molar-refractivity contribution in [2.45, 2.75) is 51.0 Å². The van der Waals surface area contributed by atoms with Crippen molar-refractivity contribution in [1.29, 1.82) is 0 Å². The first-order valence-electron chi connectivity index (χ1n) is 9.31. The van der Waals surface area contributed by atoms with Gasteiger partial charge >= 0.3 is 0 Å². The lowest BCUT2D eigenvalue weighted by atomic mass is 9.95. The van der Waals surface area contributed by atoms with Crippen molar-refractivity contribution in [2.75, 3.05) is 10.8 Å². The van der Waals surface area contributed by atoms with Crippen LogP contribution in [0.4, 0.5) is 5.69 Å². The van der Waals surface area contributed by atoms with E-state index in [1.807, 2.05) is 44.2 Å². The number of sulfonamides is 1. The molecule has 0 fully saturated rings. The van der Waals surface area contributed by atoms with E-state index in [2.05, 4.69) is 19.2 Å². The lowest BCUT2D eigenvalue weighted by Gasteiger charge is -2.32. The molecule has 0 spiro atoms. The normalized spacial score (nSPS) is 15.8. The molecule has 1 heterocycles. The maximum atomic E-state index is 13.2. The zero-order valence-corrected chi connectivity index (χ0v) is 17.0. The Bertz CT molecular complexity index is 967. The second kappa shape index (κ2) is 7.35. The quantitative estimate of drug-likeness (QED) is 0.847. The van der Waals surface area contributed by atoms with Crippen LogP contribution in [0.2, 0.25) is 0 Å². The maximum Gasteiger partial charge on any atom is 0.265 e. The van der Waals surface area contributed by atoms with E-state index in [-0.39, 0.29) is 23.4 Å². The minimum absolute atomic E-state index is 0.0000632. The highest BCUT2D eigenvalue weighted by Crippen LogP contribution is 2.43. The third-order valence-electron chi connectivity index (χ3n) is 5.01. The van der Waals surface area contributed by atoms with Crippen molar-refractivity contribution < 1.29 is 13.2 Å². The van der Waals surface area contributed by atoms with Gasteiger partial charge in [-0.05, 0) is 43.0 Å². The number of amides is 1. The standard InChI is InChI=1S/C21H26N2O3S/c1-5-15(4)22-21(24)13-23-19-11-10-16(14(2)3)12-18(19)17-8-6-7-9-20(17)27(23,25)26/h6-12,14-15H,5,13H2,1-4H3,(H,22,24)/t15-/m0/s1. The van der Waals surface area contributed by atoms with Crippen LogP contribution >= 0.6 is 0 Å². The summed E-state index contributed by atoms with van der Waals surface area (Å²) in [7, 11) is -3.79. The second-order valence-electron chi connectivity index (χ2n) is 7.32. The summed E-state index contributed by atoms with van der Waals surface area (Å²) in [6.45, 7) is 7.85. The van der Waals surface area contributed by atoms with Crippen molar-refractivity contribution in [3.05, 3.63) is 48.0 Å². The highest BCUT2D eigenvalue weighted by molar-refractivity contribution is 7.93. The van der Waals surface area contributed by atoms with Gasteiger partial charge in [-0.3, -0.25) is 9.10 Å². The number of fused-ring (bicyclic) bond motifs is 3. The van der Waals surface area contributed by atoms with Crippen LogP contribution in [0, 0.1) is 0 Å². The van der Waals surface area contributed by atoms with E-state index in [4.69, 9.17) is 0 Å². The van der Waals surface area contributed by atoms with Crippen LogP contribution in [0.15, 0.2) is 47.4 Å². The van der Waals surface area contributed by atoms with Gasteiger partial charge in [0, 0.05) is 17.2 Å². The summed E-state index contributed by atoms with van der Waals surface area (Å²) in [6.07, 6.45) is 0.787. The van der Waals surface area contributed by atoms with Gasteiger partial charge in [0.25, 0.3) is 10.0 Å². The van der Waals surface area contributed by atoms with Gasteiger partial charge < -0.3 is 5.32 Å². The zero-order valence-electron chi connectivity index (χ0n) is 16.2. The van der Waals surface area contributed by atoms with Crippen molar-refractivity contribution in [2.24, 2.45) is 0 Å². The van der Waals surface area contributed by atoms with Gasteiger partial charge in [0.2, 0.25) is 5.91 Å². The summed E-state index contributed by atoms with van der Waals surface area (Å²) in [5.41, 5.74) is 3.22. The average Bonchev–Trinajstić information content (AvgIpc) is 2.64. The molecule has 6 heteroatoms. The van der Waals surface area contributed by atoms with Gasteiger partial charge in [0.1, 0.15) is 6.54 Å². The Labute approximate surface area is 161 Å². The molecule has 0 bridgehead atoms. The molecule has 144 valence electrons. The van der Waals surface area contributed by atoms with Gasteiger partial charge in [0.15, 0.2) is 0 Å². The Morgan fingerprint density at radius 1 is 1.07 bits per heavy atom. The van der Waals surface area contributed by atoms with Gasteiger partial charge in [-0.25, -0.2) is 8.42 Å². The van der Waals surface area contributed by atoms with Crippen molar-refractivity contribution in [1.82, 2.24) is 5.32 Å². The molecular weight excluding hydrogens is 360 g/mol. The molecule has 27 heavy (non-hydrogen) atoms. The van der Waals surface area contributed by atoms with Crippen LogP contribution in [0.5, 0.6) is 0 Å². The molecule has 1 amide bonds. The fraction of sp³-hybridized carbons (Fsp3) is 0.381. The van der Waals surface area contributed by atoms with Crippen molar-refractivity contribution >= 4 is 21.6 Å². The highest BCUT2D eigenvalue weighted by Gasteiger charge is 2.36. The number of hydrogen-bond acceptors (Lipinski definition) is 3. The minimum atomic E-state index is -3.79. The highest BCUT2D eigenvalue weighted by atomic mass is 32.2. The van der Waals surface area contributed by atoms with Crippen LogP contribution in [-0.2, 0) is 14.8 Å². The third kappa shape index (κ3) is 3.58. The number of nitrogens with one attached hydrogen (secondary N) is 1. The van der Waals surface area contributed by atoms with Gasteiger partial charge in [-0.2, -0.15) is 0 Å². The number of hydrogen-bond donors (Lipinski definition) is 1. The Hall–Kier alpha value is -2.34. The number of nitrogens with zero attached hydrogens (tertiary/aromatic N) is 1. The summed E-state index contributed by atoms with van der Waals surface area (Å²) in [5.74, 6) is 0.0225. The molecular formula is C21H26N2O3S. The topological polar surface area (TPSA) is 66.5 Å². The molecule has 0 saturated heterocycles. The van der Waals surface area contributed by atoms with Gasteiger partial charge in [-0.1, -0.05) is 45.0 Å². The molecule has 0 radical (unpaired) electrons. The molecule has 0 saturated carbocycles. The fourth-order valence-corrected chi connectivity index (χ4v) is 4.88. The van der Waals surface area contributed by atoms with E-state index in [9.17, 15) is 13.2 Å². The maximum absolute atomic E-state index is 13.2. The predicted molar refractivity (Wildman–Crippen MR) is 108 cm³/mol. The molecule has 0 aromatic heterocycles. The second-order valence-corrected chi connectivity index (χ2v) is 9.15. The zero-order chi connectivity index (χ0) is 19.8. The number of benzene rings is 2. The summed E-state index contributed by atoms with van der Waals surface area (Å²) < 4.78 is 27.7. The molecule has 1 N–H and O–H groups in total. The Morgan fingerprint density at radius 2 is 1.78 bits per heavy atom. The monoisotopic (exact) mass is 386 g/mol. The van der Waals surface area contributed by atoms with Crippen LogP contribution in [0.3, 0.4) is 0 Å². The number of carbonyl (C=O) groups excluding carboxylic acids is 1. The molecule has 0 unspecified atom stereocenters. The van der Waals surface area contributed by atoms with Gasteiger partial charge in [-0.15, -0.1) is 0 Å². The predicted octanol–water partition coefficient (Wildman–Crippen LogP) is 3.90. The smallest absolute Gasteiger partial charge is 0.265 e. The summed E-state index contributed by atoms with van der Waals surface area (Å²) >= 11 is 0. The SMILES string of the molecule is CC[C@H](C)NC(=O)CN1c2ccc(C(C)C)cc2-c2ccccc2S1(=O)=O. The lowest BCUT2D eigenvalue weighted by Crippen LogP contribution is -2.44. The molecule has 5 nitrogen and oxygen atoms in total. The van der Waals surface area contributed by atoms with Crippen molar-refractivity contribution in [3.63, 3.8) is 0 Å². The number of carbonyl (C=O) groups is 1. The molecule has 0 aliphatic carbocycles. The van der Waals surface area contributed by atoms with Crippen LogP contribution in [-0.4, -0.2) is 26.9 Å². The van der Waals surface area contributed by atoms with Crippen LogP contribution in [0.1, 0.15) is 45.6 Å². The molecule has 1 aliphatic heterocycles. The Kier molecular flexibility index (Phi) is 5.29. The van der Waals surface area contributed by atoms with Crippen LogP contribution in [0.25, 0.3) is 11.1 Å². The van der Waals surface area contributed by atoms with E-state index in [1.54, 1.807) is 12.1 Å². The largest absolute Gasteiger partial charge is 0.352 e. The van der Waals surface area contributed by atoms with Gasteiger partial charge in [0.05, 0.1) is 10.6 Å². The Morgan fingerprint density at radius 3 is 2.44 bits per heavy atom.